The molecule has 248 valence electrons. The van der Waals surface area contributed by atoms with Crippen LogP contribution in [-0.2, 0) is 18.9 Å². The van der Waals surface area contributed by atoms with Gasteiger partial charge >= 0.3 is 0 Å². The van der Waals surface area contributed by atoms with Crippen LogP contribution in [0.5, 0.6) is 0 Å². The van der Waals surface area contributed by atoms with Gasteiger partial charge in [0.05, 0.1) is 43.4 Å². The molecule has 0 aromatic heterocycles. The fourth-order valence-corrected chi connectivity index (χ4v) is 5.56. The van der Waals surface area contributed by atoms with Crippen LogP contribution in [0.1, 0.15) is 26.2 Å². The zero-order chi connectivity index (χ0) is 31.6. The molecule has 3 heterocycles. The minimum Gasteiger partial charge on any atom is -0.394 e. The van der Waals surface area contributed by atoms with Crippen LogP contribution >= 0.6 is 0 Å². The smallest absolute Gasteiger partial charge is 0.186 e. The maximum Gasteiger partial charge on any atom is 0.186 e. The van der Waals surface area contributed by atoms with Crippen LogP contribution in [0.2, 0.25) is 0 Å². The van der Waals surface area contributed by atoms with E-state index in [0.29, 0.717) is 12.8 Å². The third-order valence-corrected chi connectivity index (χ3v) is 8.57. The summed E-state index contributed by atoms with van der Waals surface area (Å²) in [5.41, 5.74) is 35.1. The van der Waals surface area contributed by atoms with E-state index in [-0.39, 0.29) is 43.8 Å². The molecule has 18 nitrogen and oxygen atoms in total. The average molecular weight is 620 g/mol. The van der Waals surface area contributed by atoms with Gasteiger partial charge in [-0.3, -0.25) is 9.98 Å². The van der Waals surface area contributed by atoms with Crippen LogP contribution in [0.25, 0.3) is 0 Å². The Hall–Kier alpha value is -1.62. The molecule has 14 unspecified atom stereocenters. The van der Waals surface area contributed by atoms with Gasteiger partial charge in [0.15, 0.2) is 12.6 Å². The summed E-state index contributed by atoms with van der Waals surface area (Å²) in [5.74, 6) is 0.206. The molecule has 1 saturated carbocycles. The Kier molecular flexibility index (Phi) is 11.3. The average Bonchev–Trinajstić information content (AvgIpc) is 2.95. The van der Waals surface area contributed by atoms with Crippen molar-refractivity contribution in [1.29, 1.82) is 0 Å². The molecule has 43 heavy (non-hydrogen) atoms. The van der Waals surface area contributed by atoms with Gasteiger partial charge in [0.25, 0.3) is 0 Å². The molecule has 0 bridgehead atoms. The second-order valence-electron chi connectivity index (χ2n) is 12.0. The van der Waals surface area contributed by atoms with Gasteiger partial charge in [0, 0.05) is 19.1 Å². The highest BCUT2D eigenvalue weighted by Crippen LogP contribution is 2.33. The lowest BCUT2D eigenvalue weighted by Crippen LogP contribution is -2.68. The number of amidine groups is 2. The zero-order valence-corrected chi connectivity index (χ0v) is 24.3. The number of nitrogens with zero attached hydrogens (tertiary/aromatic N) is 2. The predicted molar refractivity (Wildman–Crippen MR) is 153 cm³/mol. The number of ether oxygens (including phenoxy) is 4. The summed E-state index contributed by atoms with van der Waals surface area (Å²) in [6.07, 6.45) is -9.41. The molecule has 0 radical (unpaired) electrons. The zero-order valence-electron chi connectivity index (χ0n) is 24.3. The number of aliphatic hydroxyl groups excluding tert-OH is 4. The largest absolute Gasteiger partial charge is 0.394 e. The molecule has 0 amide bonds. The lowest BCUT2D eigenvalue weighted by molar-refractivity contribution is -0.312. The molecule has 14 atom stereocenters. The third-order valence-electron chi connectivity index (χ3n) is 8.57. The summed E-state index contributed by atoms with van der Waals surface area (Å²) in [4.78, 5) is 8.74. The Morgan fingerprint density at radius 2 is 1.65 bits per heavy atom. The normalized spacial score (nSPS) is 44.9. The van der Waals surface area contributed by atoms with Crippen LogP contribution in [-0.4, -0.2) is 155 Å². The molecule has 1 aliphatic carbocycles. The minimum absolute atomic E-state index is 0.0815. The van der Waals surface area contributed by atoms with E-state index in [0.717, 1.165) is 0 Å². The molecule has 4 aliphatic rings. The van der Waals surface area contributed by atoms with Crippen LogP contribution in [0.15, 0.2) is 9.98 Å². The van der Waals surface area contributed by atoms with Crippen LogP contribution in [0.4, 0.5) is 0 Å². The summed E-state index contributed by atoms with van der Waals surface area (Å²) >= 11 is 0. The van der Waals surface area contributed by atoms with E-state index in [1.807, 2.05) is 0 Å². The van der Waals surface area contributed by atoms with E-state index >= 15 is 0 Å². The van der Waals surface area contributed by atoms with Gasteiger partial charge in [-0.05, 0) is 26.2 Å². The highest BCUT2D eigenvalue weighted by atomic mass is 16.7. The molecule has 3 saturated heterocycles. The molecule has 0 spiro atoms. The van der Waals surface area contributed by atoms with Crippen molar-refractivity contribution in [2.45, 2.75) is 117 Å². The van der Waals surface area contributed by atoms with E-state index in [1.165, 1.54) is 0 Å². The third kappa shape index (κ3) is 7.61. The van der Waals surface area contributed by atoms with Crippen molar-refractivity contribution in [3.8, 4) is 0 Å². The van der Waals surface area contributed by atoms with Crippen molar-refractivity contribution >= 4 is 11.7 Å². The predicted octanol–water partition coefficient (Wildman–Crippen LogP) is -6.79. The summed E-state index contributed by atoms with van der Waals surface area (Å²) in [7, 11) is 0. The Morgan fingerprint density at radius 3 is 2.26 bits per heavy atom. The van der Waals surface area contributed by atoms with E-state index in [4.69, 9.17) is 53.3 Å². The lowest BCUT2D eigenvalue weighted by atomic mass is 9.83. The molecule has 0 aromatic rings. The minimum atomic E-state index is -1.53. The fourth-order valence-electron chi connectivity index (χ4n) is 5.56. The van der Waals surface area contributed by atoms with E-state index in [2.05, 4.69) is 15.3 Å². The molecular weight excluding hydrogens is 570 g/mol. The topological polar surface area (TPSA) is 331 Å². The number of nitrogens with two attached hydrogens (primary N) is 6. The molecule has 18 N–H and O–H groups in total. The molecule has 3 aliphatic heterocycles. The van der Waals surface area contributed by atoms with E-state index < -0.39 is 91.6 Å². The SMILES string of the molecule is CC(N)C(N)=NCC1CCC(N)C(OC2C(N)CC(N=C(N)C3(O)CNC3)C(OC3OC(CO)C(O)C(N)C3O)C2O)O1. The van der Waals surface area contributed by atoms with Crippen molar-refractivity contribution in [3.05, 3.63) is 0 Å². The molecule has 4 rings (SSSR count). The van der Waals surface area contributed by atoms with Crippen molar-refractivity contribution in [2.24, 2.45) is 44.4 Å². The first-order valence-electron chi connectivity index (χ1n) is 14.6. The fraction of sp³-hybridized carbons (Fsp3) is 0.920. The number of nitrogens with one attached hydrogen (secondary N) is 1. The first-order valence-corrected chi connectivity index (χ1v) is 14.6. The molecule has 4 fully saturated rings. The van der Waals surface area contributed by atoms with E-state index in [1.54, 1.807) is 6.92 Å². The lowest BCUT2D eigenvalue weighted by Gasteiger charge is -2.48. The van der Waals surface area contributed by atoms with Crippen LogP contribution in [0.3, 0.4) is 0 Å². The second kappa shape index (κ2) is 14.2. The van der Waals surface area contributed by atoms with Crippen LogP contribution in [0, 0.1) is 0 Å². The number of aliphatic imine (C=N–C) groups is 2. The Labute approximate surface area is 249 Å². The van der Waals surface area contributed by atoms with Gasteiger partial charge < -0.3 is 84.2 Å². The van der Waals surface area contributed by atoms with E-state index in [9.17, 15) is 25.5 Å². The van der Waals surface area contributed by atoms with Gasteiger partial charge in [-0.1, -0.05) is 0 Å². The first kappa shape index (κ1) is 34.3. The van der Waals surface area contributed by atoms with Gasteiger partial charge in [0.1, 0.15) is 53.9 Å². The molecule has 0 aromatic carbocycles. The monoisotopic (exact) mass is 619 g/mol. The standard InChI is InChI=1S/C25H49N9O9/c1-9(26)21(30)33-5-10-2-3-11(27)22(40-10)42-19-12(28)4-13(34-24(31)25(39)7-32-8-25)20(18(19)38)43-23-17(37)15(29)16(36)14(6-35)41-23/h9-20,22-23,32,35-39H,2-8,26-29H2,1H3,(H2,30,33)(H2,31,34). The van der Waals surface area contributed by atoms with Crippen molar-refractivity contribution < 1.29 is 44.5 Å². The maximum atomic E-state index is 11.6. The van der Waals surface area contributed by atoms with Gasteiger partial charge in [0.2, 0.25) is 0 Å². The Bertz CT molecular complexity index is 988. The number of rotatable bonds is 10. The summed E-state index contributed by atoms with van der Waals surface area (Å²) < 4.78 is 23.9. The highest BCUT2D eigenvalue weighted by molar-refractivity contribution is 5.90. The summed E-state index contributed by atoms with van der Waals surface area (Å²) in [5, 5.41) is 55.8. The van der Waals surface area contributed by atoms with Gasteiger partial charge in [-0.15, -0.1) is 0 Å². The van der Waals surface area contributed by atoms with Gasteiger partial charge in [-0.25, -0.2) is 0 Å². The maximum absolute atomic E-state index is 11.6. The molecule has 18 heteroatoms. The van der Waals surface area contributed by atoms with Gasteiger partial charge in [-0.2, -0.15) is 0 Å². The first-order chi connectivity index (χ1) is 20.2. The second-order valence-corrected chi connectivity index (χ2v) is 12.0. The number of β-amino-alcohol motifs (C(OH)–C–C–N with tert-alkyl or cyclic N) is 1. The Balaban J connectivity index is 1.54. The Morgan fingerprint density at radius 1 is 0.977 bits per heavy atom. The summed E-state index contributed by atoms with van der Waals surface area (Å²) in [6.45, 7) is 1.74. The highest BCUT2D eigenvalue weighted by Gasteiger charge is 2.51. The number of aliphatic hydroxyl groups is 5. The molecular formula is C25H49N9O9. The number of hydrogen-bond donors (Lipinski definition) is 12. The van der Waals surface area contributed by atoms with Crippen LogP contribution < -0.4 is 39.7 Å². The number of hydrogen-bond acceptors (Lipinski definition) is 16. The quantitative estimate of drug-likeness (QED) is 0.0798. The van der Waals surface area contributed by atoms with Crippen molar-refractivity contribution in [3.63, 3.8) is 0 Å². The van der Waals surface area contributed by atoms with Crippen molar-refractivity contribution in [1.82, 2.24) is 5.32 Å². The summed E-state index contributed by atoms with van der Waals surface area (Å²) in [6, 6.07) is -3.88. The van der Waals surface area contributed by atoms with Crippen molar-refractivity contribution in [2.75, 3.05) is 26.2 Å².